The van der Waals surface area contributed by atoms with Crippen LogP contribution in [0.2, 0.25) is 0 Å². The van der Waals surface area contributed by atoms with E-state index in [4.69, 9.17) is 5.73 Å². The minimum atomic E-state index is 0.715. The highest BCUT2D eigenvalue weighted by Crippen LogP contribution is 2.08. The van der Waals surface area contributed by atoms with Crippen molar-refractivity contribution in [1.29, 1.82) is 0 Å². The predicted octanol–water partition coefficient (Wildman–Crippen LogP) is 0.426. The van der Waals surface area contributed by atoms with Crippen LogP contribution in [0.5, 0.6) is 0 Å². The Balaban J connectivity index is 2.27. The first-order chi connectivity index (χ1) is 3.93. The van der Waals surface area contributed by atoms with Gasteiger partial charge < -0.3 is 5.73 Å². The molecule has 0 aromatic heterocycles. The van der Waals surface area contributed by atoms with Crippen molar-refractivity contribution in [2.24, 2.45) is 16.6 Å². The van der Waals surface area contributed by atoms with Gasteiger partial charge in [0.25, 0.3) is 0 Å². The molecule has 0 bridgehead atoms. The Morgan fingerprint density at radius 3 is 3.00 bits per heavy atom. The Bertz CT molecular complexity index is 88.5. The molecule has 1 aliphatic heterocycles. The van der Waals surface area contributed by atoms with E-state index in [0.29, 0.717) is 5.92 Å². The van der Waals surface area contributed by atoms with Crippen LogP contribution in [-0.2, 0) is 0 Å². The average molecular weight is 112 g/mol. The molecule has 46 valence electrons. The average Bonchev–Trinajstić information content (AvgIpc) is 1.90. The van der Waals surface area contributed by atoms with Crippen molar-refractivity contribution in [3.05, 3.63) is 0 Å². The van der Waals surface area contributed by atoms with E-state index in [9.17, 15) is 0 Å². The summed E-state index contributed by atoms with van der Waals surface area (Å²) >= 11 is 0. The van der Waals surface area contributed by atoms with Crippen LogP contribution in [0.1, 0.15) is 12.8 Å². The van der Waals surface area contributed by atoms with Crippen molar-refractivity contribution < 1.29 is 0 Å². The summed E-state index contributed by atoms with van der Waals surface area (Å²) < 4.78 is 0. The smallest absolute Gasteiger partial charge is 0.0388 e. The second-order valence-corrected chi connectivity index (χ2v) is 2.21. The van der Waals surface area contributed by atoms with Gasteiger partial charge in [0.15, 0.2) is 0 Å². The molecule has 0 aromatic rings. The van der Waals surface area contributed by atoms with Gasteiger partial charge in [-0.3, -0.25) is 4.99 Å². The largest absolute Gasteiger partial charge is 0.330 e. The fourth-order valence-electron chi connectivity index (χ4n) is 0.904. The van der Waals surface area contributed by atoms with Crippen molar-refractivity contribution in [1.82, 2.24) is 0 Å². The number of hydrogen-bond acceptors (Lipinski definition) is 2. The lowest BCUT2D eigenvalue weighted by atomic mass is 10.0. The van der Waals surface area contributed by atoms with E-state index >= 15 is 0 Å². The van der Waals surface area contributed by atoms with Crippen LogP contribution < -0.4 is 5.73 Å². The predicted molar refractivity (Wildman–Crippen MR) is 35.1 cm³/mol. The maximum absolute atomic E-state index is 5.44. The molecule has 0 spiro atoms. The normalized spacial score (nSPS) is 28.4. The van der Waals surface area contributed by atoms with E-state index in [-0.39, 0.29) is 0 Å². The molecule has 0 saturated heterocycles. The summed E-state index contributed by atoms with van der Waals surface area (Å²) in [6, 6.07) is 0. The highest BCUT2D eigenvalue weighted by atomic mass is 14.7. The SMILES string of the molecule is NCC1CC=NCC1. The van der Waals surface area contributed by atoms with Crippen molar-refractivity contribution in [2.45, 2.75) is 12.8 Å². The number of rotatable bonds is 1. The Kier molecular flexibility index (Phi) is 2.03. The van der Waals surface area contributed by atoms with E-state index < -0.39 is 0 Å². The Morgan fingerprint density at radius 1 is 1.75 bits per heavy atom. The molecule has 2 heteroatoms. The van der Waals surface area contributed by atoms with Gasteiger partial charge in [-0.1, -0.05) is 0 Å². The van der Waals surface area contributed by atoms with Crippen LogP contribution in [0.4, 0.5) is 0 Å². The molecular weight excluding hydrogens is 100 g/mol. The van der Waals surface area contributed by atoms with Gasteiger partial charge in [-0.2, -0.15) is 0 Å². The lowest BCUT2D eigenvalue weighted by Crippen LogP contribution is -2.18. The van der Waals surface area contributed by atoms with Crippen LogP contribution in [-0.4, -0.2) is 19.3 Å². The minimum Gasteiger partial charge on any atom is -0.330 e. The Hall–Kier alpha value is -0.370. The molecular formula is C6H12N2. The Labute approximate surface area is 49.8 Å². The zero-order valence-corrected chi connectivity index (χ0v) is 5.01. The first-order valence-corrected chi connectivity index (χ1v) is 3.12. The van der Waals surface area contributed by atoms with Crippen molar-refractivity contribution in [3.63, 3.8) is 0 Å². The molecule has 0 fully saturated rings. The third-order valence-corrected chi connectivity index (χ3v) is 1.57. The molecule has 1 rings (SSSR count). The lowest BCUT2D eigenvalue weighted by Gasteiger charge is -2.13. The summed E-state index contributed by atoms with van der Waals surface area (Å²) in [7, 11) is 0. The third-order valence-electron chi connectivity index (χ3n) is 1.57. The van der Waals surface area contributed by atoms with Gasteiger partial charge in [0.2, 0.25) is 0 Å². The third kappa shape index (κ3) is 1.30. The van der Waals surface area contributed by atoms with E-state index in [1.807, 2.05) is 6.21 Å². The maximum atomic E-state index is 5.44. The van der Waals surface area contributed by atoms with Crippen molar-refractivity contribution in [3.8, 4) is 0 Å². The molecule has 8 heavy (non-hydrogen) atoms. The van der Waals surface area contributed by atoms with Gasteiger partial charge in [-0.05, 0) is 31.5 Å². The second kappa shape index (κ2) is 2.82. The standard InChI is InChI=1S/C6H12N2/c7-5-6-1-3-8-4-2-6/h3,6H,1-2,4-5,7H2. The molecule has 1 atom stereocenters. The van der Waals surface area contributed by atoms with Gasteiger partial charge in [-0.15, -0.1) is 0 Å². The van der Waals surface area contributed by atoms with Gasteiger partial charge >= 0.3 is 0 Å². The topological polar surface area (TPSA) is 38.4 Å². The van der Waals surface area contributed by atoms with Crippen LogP contribution in [0.3, 0.4) is 0 Å². The summed E-state index contributed by atoms with van der Waals surface area (Å²) in [5.74, 6) is 0.715. The van der Waals surface area contributed by atoms with E-state index in [2.05, 4.69) is 4.99 Å². The second-order valence-electron chi connectivity index (χ2n) is 2.21. The lowest BCUT2D eigenvalue weighted by molar-refractivity contribution is 0.510. The molecule has 2 nitrogen and oxygen atoms in total. The number of hydrogen-bond donors (Lipinski definition) is 1. The van der Waals surface area contributed by atoms with Gasteiger partial charge in [0.1, 0.15) is 0 Å². The summed E-state index contributed by atoms with van der Waals surface area (Å²) in [5, 5.41) is 0. The zero-order chi connectivity index (χ0) is 5.82. The van der Waals surface area contributed by atoms with Crippen molar-refractivity contribution >= 4 is 6.21 Å². The van der Waals surface area contributed by atoms with Gasteiger partial charge in [0, 0.05) is 6.54 Å². The summed E-state index contributed by atoms with van der Waals surface area (Å²) in [4.78, 5) is 4.09. The maximum Gasteiger partial charge on any atom is 0.0388 e. The van der Waals surface area contributed by atoms with Gasteiger partial charge in [0.05, 0.1) is 0 Å². The van der Waals surface area contributed by atoms with Gasteiger partial charge in [-0.25, -0.2) is 0 Å². The Morgan fingerprint density at radius 2 is 2.62 bits per heavy atom. The summed E-state index contributed by atoms with van der Waals surface area (Å²) in [6.45, 7) is 1.81. The molecule has 0 radical (unpaired) electrons. The van der Waals surface area contributed by atoms with E-state index in [0.717, 1.165) is 19.5 Å². The zero-order valence-electron chi connectivity index (χ0n) is 5.01. The fraction of sp³-hybridized carbons (Fsp3) is 0.833. The first kappa shape index (κ1) is 5.76. The monoisotopic (exact) mass is 112 g/mol. The molecule has 0 aromatic carbocycles. The molecule has 1 heterocycles. The van der Waals surface area contributed by atoms with Crippen LogP contribution in [0.25, 0.3) is 0 Å². The first-order valence-electron chi connectivity index (χ1n) is 3.12. The highest BCUT2D eigenvalue weighted by Gasteiger charge is 2.06. The highest BCUT2D eigenvalue weighted by molar-refractivity contribution is 5.58. The number of nitrogens with two attached hydrogens (primary N) is 1. The van der Waals surface area contributed by atoms with Crippen LogP contribution in [0, 0.1) is 5.92 Å². The van der Waals surface area contributed by atoms with E-state index in [1.165, 1.54) is 6.42 Å². The minimum absolute atomic E-state index is 0.715. The van der Waals surface area contributed by atoms with Crippen LogP contribution in [0.15, 0.2) is 4.99 Å². The number of nitrogens with zero attached hydrogens (tertiary/aromatic N) is 1. The molecule has 0 amide bonds. The molecule has 2 N–H and O–H groups in total. The van der Waals surface area contributed by atoms with E-state index in [1.54, 1.807) is 0 Å². The molecule has 1 aliphatic rings. The quantitative estimate of drug-likeness (QED) is 0.524. The summed E-state index contributed by atoms with van der Waals surface area (Å²) in [6.07, 6.45) is 4.27. The summed E-state index contributed by atoms with van der Waals surface area (Å²) in [5.41, 5.74) is 5.44. The van der Waals surface area contributed by atoms with Crippen molar-refractivity contribution in [2.75, 3.05) is 13.1 Å². The fourth-order valence-corrected chi connectivity index (χ4v) is 0.904. The molecule has 0 aliphatic carbocycles. The van der Waals surface area contributed by atoms with Crippen LogP contribution >= 0.6 is 0 Å². The molecule has 0 saturated carbocycles. The number of aliphatic imine (C=N–C) groups is 1. The molecule has 1 unspecified atom stereocenters.